The molecule has 4 aliphatic heterocycles. The largest absolute Gasteiger partial charge is 0.480 e. The minimum Gasteiger partial charge on any atom is -0.480 e. The summed E-state index contributed by atoms with van der Waals surface area (Å²) < 4.78 is 15.1. The van der Waals surface area contributed by atoms with E-state index in [-0.39, 0.29) is 79.3 Å². The fourth-order valence-corrected chi connectivity index (χ4v) is 12.5. The summed E-state index contributed by atoms with van der Waals surface area (Å²) in [5, 5.41) is 21.7. The molecule has 0 aliphatic carbocycles. The number of carbonyl (C=O) groups is 7. The third-order valence-electron chi connectivity index (χ3n) is 16.6. The molecule has 8 atom stereocenters. The van der Waals surface area contributed by atoms with Gasteiger partial charge in [0.2, 0.25) is 35.4 Å². The number of carboxylic acid groups (broad SMARTS) is 1. The maximum absolute atomic E-state index is 15.1. The summed E-state index contributed by atoms with van der Waals surface area (Å²) in [5.74, 6) is -3.07. The Bertz CT molecular complexity index is 2630. The van der Waals surface area contributed by atoms with Crippen molar-refractivity contribution in [3.63, 3.8) is 0 Å². The zero-order valence-corrected chi connectivity index (χ0v) is 44.5. The molecule has 17 heteroatoms. The summed E-state index contributed by atoms with van der Waals surface area (Å²) >= 11 is 0. The number of amides is 6. The number of carbonyl (C=O) groups excluding carboxylic acids is 6. The van der Waals surface area contributed by atoms with Gasteiger partial charge in [-0.15, -0.1) is 0 Å². The fourth-order valence-electron chi connectivity index (χ4n) is 12.5. The molecule has 0 radical (unpaired) electrons. The second-order valence-corrected chi connectivity index (χ2v) is 22.0. The number of nitrogens with zero attached hydrogens (tertiary/aromatic N) is 3. The van der Waals surface area contributed by atoms with Gasteiger partial charge in [-0.1, -0.05) is 137 Å². The number of carboxylic acids is 1. The number of likely N-dealkylation sites (tertiary alicyclic amines) is 2. The van der Waals surface area contributed by atoms with E-state index in [1.165, 1.54) is 6.07 Å². The van der Waals surface area contributed by atoms with Crippen LogP contribution in [0.25, 0.3) is 11.0 Å². The number of aromatic amines is 1. The van der Waals surface area contributed by atoms with E-state index >= 15 is 4.39 Å². The molecule has 16 nitrogen and oxygen atoms in total. The van der Waals surface area contributed by atoms with Crippen molar-refractivity contribution in [3.05, 3.63) is 102 Å². The lowest BCUT2D eigenvalue weighted by Gasteiger charge is -2.29. The van der Waals surface area contributed by atoms with Gasteiger partial charge in [-0.2, -0.15) is 0 Å². The molecule has 6 N–H and O–H groups in total. The van der Waals surface area contributed by atoms with E-state index in [1.807, 2.05) is 65.6 Å². The van der Waals surface area contributed by atoms with Gasteiger partial charge in [-0.25, -0.2) is 14.2 Å². The van der Waals surface area contributed by atoms with Gasteiger partial charge in [-0.3, -0.25) is 28.8 Å². The van der Waals surface area contributed by atoms with Gasteiger partial charge in [0.1, 0.15) is 29.5 Å². The number of rotatable bonds is 9. The van der Waals surface area contributed by atoms with Crippen LogP contribution in [0.15, 0.2) is 78.9 Å². The first kappa shape index (κ1) is 56.6. The molecule has 4 fully saturated rings. The highest BCUT2D eigenvalue weighted by Gasteiger charge is 2.37. The number of aliphatic carboxylic acids is 1. The molecular formula is C60H79FN8O8. The van der Waals surface area contributed by atoms with Crippen LogP contribution in [0, 0.1) is 17.7 Å². The Morgan fingerprint density at radius 3 is 1.58 bits per heavy atom. The van der Waals surface area contributed by atoms with Crippen LogP contribution >= 0.6 is 0 Å². The van der Waals surface area contributed by atoms with Crippen LogP contribution in [0.1, 0.15) is 189 Å². The standard InChI is InChI=1S/C60H79FN8O8/c61-44-28-17-31-45-56(44)67-57(64-45)46-29-15-14-22-40(21-7-5-13-34-52(70)62-48(58(74)65-46)38-54(72)68-36-18-32-50(68)42-23-8-3-9-24-42)41-20-6-1-2-12-30-47(60(76)77)66-59(75)49(63-53(71)35-16-27-41)39-55(73)69-37-19-33-51(69)43-25-10-4-11-26-43/h3-4,8-11,17,23-26,28,31,40-41,46-51H,1-2,5-7,12-16,18-22,27,29-30,32-39H2,(H,62,70)(H,63,71)(H,64,67)(H,65,74)(H,66,75)(H,76,77)/t40?,41?,46-,47-,48-,49-,50+,51+/m0/s1. The first-order valence-corrected chi connectivity index (χ1v) is 28.7. The Hall–Kier alpha value is -6.65. The molecule has 5 heterocycles. The summed E-state index contributed by atoms with van der Waals surface area (Å²) in [7, 11) is 0. The molecule has 0 saturated carbocycles. The zero-order chi connectivity index (χ0) is 54.1. The minimum absolute atomic E-state index is 0.118. The van der Waals surface area contributed by atoms with Crippen molar-refractivity contribution in [2.24, 2.45) is 11.8 Å². The summed E-state index contributed by atoms with van der Waals surface area (Å²) in [5.41, 5.74) is 2.68. The number of benzene rings is 3. The van der Waals surface area contributed by atoms with E-state index in [4.69, 9.17) is 0 Å². The van der Waals surface area contributed by atoms with Gasteiger partial charge in [0.25, 0.3) is 0 Å². The van der Waals surface area contributed by atoms with Crippen LogP contribution in [-0.4, -0.2) is 97.5 Å². The Morgan fingerprint density at radius 2 is 1.03 bits per heavy atom. The van der Waals surface area contributed by atoms with E-state index in [9.17, 15) is 38.7 Å². The SMILES string of the molecule is O=C1CCCC(C2CCCCCC(=O)N[C@@H](CC(=O)N3CCC[C@@H]3c3ccccc3)C(=O)N[C@H](c3nc4c(F)cccc4[nH]3)CCCC2)CCCCCC[C@@H](C(=O)O)NC(=O)[C@H](CC(=O)N2CCC[C@@H]2c2ccccc2)N1. The van der Waals surface area contributed by atoms with Gasteiger partial charge in [0.15, 0.2) is 5.82 Å². The number of imidazole rings is 1. The van der Waals surface area contributed by atoms with Crippen molar-refractivity contribution in [1.82, 2.24) is 41.0 Å². The van der Waals surface area contributed by atoms with Gasteiger partial charge >= 0.3 is 5.97 Å². The van der Waals surface area contributed by atoms with Crippen molar-refractivity contribution < 1.29 is 43.1 Å². The Labute approximate surface area is 451 Å². The van der Waals surface area contributed by atoms with Gasteiger partial charge in [0.05, 0.1) is 36.5 Å². The van der Waals surface area contributed by atoms with Gasteiger partial charge in [-0.05, 0) is 92.9 Å². The highest BCUT2D eigenvalue weighted by atomic mass is 19.1. The van der Waals surface area contributed by atoms with Crippen LogP contribution in [0.2, 0.25) is 0 Å². The van der Waals surface area contributed by atoms with Crippen LogP contribution in [0.3, 0.4) is 0 Å². The number of fused-ring (bicyclic) bond motifs is 1. The highest BCUT2D eigenvalue weighted by molar-refractivity contribution is 5.94. The number of hydrogen-bond donors (Lipinski definition) is 6. The lowest BCUT2D eigenvalue weighted by atomic mass is 9.78. The van der Waals surface area contributed by atoms with E-state index in [0.717, 1.165) is 101 Å². The molecule has 6 amide bonds. The summed E-state index contributed by atoms with van der Waals surface area (Å²) in [4.78, 5) is 108. The van der Waals surface area contributed by atoms with Crippen LogP contribution in [0.4, 0.5) is 4.39 Å². The molecule has 8 rings (SSSR count). The van der Waals surface area contributed by atoms with Crippen LogP contribution in [-0.2, 0) is 33.6 Å². The number of halogens is 1. The quantitative estimate of drug-likeness (QED) is 0.0939. The van der Waals surface area contributed by atoms with E-state index in [1.54, 1.807) is 17.0 Å². The van der Waals surface area contributed by atoms with Crippen molar-refractivity contribution in [1.29, 1.82) is 0 Å². The third-order valence-corrected chi connectivity index (χ3v) is 16.6. The molecule has 2 unspecified atom stereocenters. The van der Waals surface area contributed by atoms with E-state index in [0.29, 0.717) is 62.5 Å². The average Bonchev–Trinajstić information content (AvgIpc) is 4.23. The first-order valence-electron chi connectivity index (χ1n) is 28.7. The second kappa shape index (κ2) is 28.1. The third kappa shape index (κ3) is 15.7. The van der Waals surface area contributed by atoms with Gasteiger partial charge in [0, 0.05) is 25.9 Å². The normalized spacial score (nSPS) is 26.6. The highest BCUT2D eigenvalue weighted by Crippen LogP contribution is 2.36. The predicted octanol–water partition coefficient (Wildman–Crippen LogP) is 9.19. The number of hydrogen-bond acceptors (Lipinski definition) is 8. The minimum atomic E-state index is -1.24. The summed E-state index contributed by atoms with van der Waals surface area (Å²) in [6.07, 6.45) is 14.7. The molecule has 414 valence electrons. The fraction of sp³-hybridized carbons (Fsp3) is 0.567. The number of aromatic nitrogens is 2. The van der Waals surface area contributed by atoms with Crippen molar-refractivity contribution in [3.8, 4) is 0 Å². The number of nitrogens with one attached hydrogen (secondary N) is 5. The zero-order valence-electron chi connectivity index (χ0n) is 44.5. The second-order valence-electron chi connectivity index (χ2n) is 22.0. The maximum atomic E-state index is 15.1. The smallest absolute Gasteiger partial charge is 0.326 e. The Balaban J connectivity index is 0.958. The average molecular weight is 1060 g/mol. The van der Waals surface area contributed by atoms with E-state index < -0.39 is 47.8 Å². The monoisotopic (exact) mass is 1060 g/mol. The molecule has 0 bridgehead atoms. The maximum Gasteiger partial charge on any atom is 0.326 e. The molecule has 4 aromatic rings. The number of para-hydroxylation sites is 1. The molecule has 3 aromatic carbocycles. The predicted molar refractivity (Wildman–Crippen MR) is 290 cm³/mol. The molecule has 77 heavy (non-hydrogen) atoms. The topological polar surface area (TPSA) is 223 Å². The van der Waals surface area contributed by atoms with Gasteiger partial charge < -0.3 is 41.2 Å². The lowest BCUT2D eigenvalue weighted by Crippen LogP contribution is -2.53. The lowest BCUT2D eigenvalue weighted by molar-refractivity contribution is -0.143. The van der Waals surface area contributed by atoms with Crippen molar-refractivity contribution in [2.45, 2.75) is 190 Å². The first-order chi connectivity index (χ1) is 37.4. The van der Waals surface area contributed by atoms with Crippen molar-refractivity contribution in [2.75, 3.05) is 13.1 Å². The van der Waals surface area contributed by atoms with Crippen LogP contribution in [0.5, 0.6) is 0 Å². The molecular weight excluding hydrogens is 980 g/mol. The Morgan fingerprint density at radius 1 is 0.532 bits per heavy atom. The summed E-state index contributed by atoms with van der Waals surface area (Å²) in [6.45, 7) is 1.08. The molecule has 1 aromatic heterocycles. The molecule has 4 aliphatic rings. The molecule has 0 spiro atoms. The van der Waals surface area contributed by atoms with Crippen molar-refractivity contribution >= 4 is 52.4 Å². The van der Waals surface area contributed by atoms with E-state index in [2.05, 4.69) is 31.2 Å². The molecule has 4 saturated heterocycles. The Kier molecular flexibility index (Phi) is 20.6. The summed E-state index contributed by atoms with van der Waals surface area (Å²) in [6, 6.07) is 19.8. The number of H-pyrrole nitrogens is 1. The van der Waals surface area contributed by atoms with Crippen LogP contribution < -0.4 is 21.3 Å².